The molecule has 1 rings (SSSR count). The lowest BCUT2D eigenvalue weighted by molar-refractivity contribution is 0.168. The van der Waals surface area contributed by atoms with Gasteiger partial charge in [-0.05, 0) is 18.2 Å². The zero-order valence-electron chi connectivity index (χ0n) is 10.0. The minimum absolute atomic E-state index is 0.0534. The fourth-order valence-electron chi connectivity index (χ4n) is 1.43. The van der Waals surface area contributed by atoms with Crippen molar-refractivity contribution in [2.45, 2.75) is 4.90 Å². The number of aliphatic hydroxyl groups excluding tert-OH is 1. The van der Waals surface area contributed by atoms with Gasteiger partial charge in [-0.25, -0.2) is 12.8 Å². The lowest BCUT2D eigenvalue weighted by atomic mass is 10.4. The molecule has 0 unspecified atom stereocenters. The summed E-state index contributed by atoms with van der Waals surface area (Å²) in [5.41, 5.74) is 0. The summed E-state index contributed by atoms with van der Waals surface area (Å²) in [5, 5.41) is 8.88. The Morgan fingerprint density at radius 2 is 2.11 bits per heavy atom. The van der Waals surface area contributed by atoms with Crippen molar-refractivity contribution >= 4 is 10.0 Å². The molecule has 0 fully saturated rings. The van der Waals surface area contributed by atoms with Gasteiger partial charge >= 0.3 is 0 Å². The second-order valence-electron chi connectivity index (χ2n) is 3.58. The highest BCUT2D eigenvalue weighted by Crippen LogP contribution is 2.16. The first-order chi connectivity index (χ1) is 8.52. The molecule has 0 amide bonds. The predicted octanol–water partition coefficient (Wildman–Crippen LogP) is 0.455. The van der Waals surface area contributed by atoms with E-state index < -0.39 is 15.8 Å². The Bertz CT molecular complexity index is 478. The predicted molar refractivity (Wildman–Crippen MR) is 64.1 cm³/mol. The van der Waals surface area contributed by atoms with Crippen LogP contribution in [0.3, 0.4) is 0 Å². The molecule has 0 saturated heterocycles. The van der Waals surface area contributed by atoms with Gasteiger partial charge in [0.25, 0.3) is 0 Å². The highest BCUT2D eigenvalue weighted by molar-refractivity contribution is 7.89. The normalized spacial score (nSPS) is 12.0. The van der Waals surface area contributed by atoms with E-state index in [0.717, 1.165) is 10.4 Å². The Morgan fingerprint density at radius 1 is 1.39 bits per heavy atom. The second-order valence-corrected chi connectivity index (χ2v) is 5.52. The van der Waals surface area contributed by atoms with E-state index in [-0.39, 0.29) is 31.2 Å². The van der Waals surface area contributed by atoms with E-state index >= 15 is 0 Å². The molecule has 18 heavy (non-hydrogen) atoms. The SMILES string of the molecule is COCCN(CCO)S(=O)(=O)c1cccc(F)c1. The van der Waals surface area contributed by atoms with Crippen LogP contribution in [-0.4, -0.2) is 51.2 Å². The monoisotopic (exact) mass is 277 g/mol. The number of rotatable bonds is 7. The smallest absolute Gasteiger partial charge is 0.243 e. The molecular formula is C11H16FNO4S. The molecular weight excluding hydrogens is 261 g/mol. The van der Waals surface area contributed by atoms with Crippen LogP contribution in [0.1, 0.15) is 0 Å². The molecule has 5 nitrogen and oxygen atoms in total. The van der Waals surface area contributed by atoms with E-state index in [9.17, 15) is 12.8 Å². The summed E-state index contributed by atoms with van der Waals surface area (Å²) in [4.78, 5) is -0.132. The summed E-state index contributed by atoms with van der Waals surface area (Å²) in [6, 6.07) is 4.77. The van der Waals surface area contributed by atoms with Gasteiger partial charge in [-0.2, -0.15) is 4.31 Å². The molecule has 1 aromatic carbocycles. The van der Waals surface area contributed by atoms with Crippen molar-refractivity contribution in [2.24, 2.45) is 0 Å². The highest BCUT2D eigenvalue weighted by atomic mass is 32.2. The number of hydrogen-bond acceptors (Lipinski definition) is 4. The molecule has 1 N–H and O–H groups in total. The number of methoxy groups -OCH3 is 1. The molecule has 7 heteroatoms. The summed E-state index contributed by atoms with van der Waals surface area (Å²) in [7, 11) is -2.35. The molecule has 0 aromatic heterocycles. The molecule has 0 spiro atoms. The van der Waals surface area contributed by atoms with Crippen LogP contribution in [-0.2, 0) is 14.8 Å². The zero-order valence-corrected chi connectivity index (χ0v) is 10.9. The van der Waals surface area contributed by atoms with E-state index in [2.05, 4.69) is 0 Å². The van der Waals surface area contributed by atoms with Gasteiger partial charge < -0.3 is 9.84 Å². The fourth-order valence-corrected chi connectivity index (χ4v) is 2.88. The van der Waals surface area contributed by atoms with E-state index in [0.29, 0.717) is 0 Å². The van der Waals surface area contributed by atoms with Crippen LogP contribution < -0.4 is 0 Å². The summed E-state index contributed by atoms with van der Waals surface area (Å²) in [5.74, 6) is -0.619. The van der Waals surface area contributed by atoms with E-state index in [1.165, 1.54) is 25.3 Å². The third-order valence-electron chi connectivity index (χ3n) is 2.33. The van der Waals surface area contributed by atoms with Crippen LogP contribution in [0.25, 0.3) is 0 Å². The van der Waals surface area contributed by atoms with Gasteiger partial charge in [-0.1, -0.05) is 6.07 Å². The van der Waals surface area contributed by atoms with Crippen LogP contribution in [0.2, 0.25) is 0 Å². The molecule has 0 heterocycles. The van der Waals surface area contributed by atoms with Gasteiger partial charge in [0.2, 0.25) is 10.0 Å². The molecule has 0 bridgehead atoms. The first-order valence-electron chi connectivity index (χ1n) is 5.38. The van der Waals surface area contributed by atoms with Crippen molar-refractivity contribution in [3.8, 4) is 0 Å². The van der Waals surface area contributed by atoms with E-state index in [4.69, 9.17) is 9.84 Å². The van der Waals surface area contributed by atoms with Crippen molar-refractivity contribution in [1.29, 1.82) is 0 Å². The van der Waals surface area contributed by atoms with Gasteiger partial charge in [-0.15, -0.1) is 0 Å². The first kappa shape index (κ1) is 15.0. The maximum absolute atomic E-state index is 13.0. The summed E-state index contributed by atoms with van der Waals surface area (Å²) < 4.78 is 43.3. The Balaban J connectivity index is 3.00. The van der Waals surface area contributed by atoms with Gasteiger partial charge in [0, 0.05) is 20.2 Å². The van der Waals surface area contributed by atoms with Crippen molar-refractivity contribution in [2.75, 3.05) is 33.4 Å². The number of halogens is 1. The third kappa shape index (κ3) is 3.74. The minimum Gasteiger partial charge on any atom is -0.395 e. The lowest BCUT2D eigenvalue weighted by Crippen LogP contribution is -2.36. The Kier molecular flexibility index (Phi) is 5.67. The van der Waals surface area contributed by atoms with E-state index in [1.54, 1.807) is 0 Å². The van der Waals surface area contributed by atoms with Crippen LogP contribution in [0, 0.1) is 5.82 Å². The van der Waals surface area contributed by atoms with Crippen LogP contribution in [0.4, 0.5) is 4.39 Å². The fraction of sp³-hybridized carbons (Fsp3) is 0.455. The van der Waals surface area contributed by atoms with Gasteiger partial charge in [0.1, 0.15) is 5.82 Å². The molecule has 0 radical (unpaired) electrons. The molecule has 0 aliphatic heterocycles. The molecule has 0 saturated carbocycles. The molecule has 102 valence electrons. The topological polar surface area (TPSA) is 66.8 Å². The van der Waals surface area contributed by atoms with Crippen LogP contribution in [0.5, 0.6) is 0 Å². The summed E-state index contributed by atoms with van der Waals surface area (Å²) >= 11 is 0. The molecule has 1 aromatic rings. The summed E-state index contributed by atoms with van der Waals surface area (Å²) in [6.45, 7) is -0.0507. The van der Waals surface area contributed by atoms with Crippen molar-refractivity contribution < 1.29 is 22.7 Å². The van der Waals surface area contributed by atoms with Crippen LogP contribution in [0.15, 0.2) is 29.2 Å². The second kappa shape index (κ2) is 6.79. The van der Waals surface area contributed by atoms with Crippen LogP contribution >= 0.6 is 0 Å². The Hall–Kier alpha value is -1.02. The molecule has 0 aliphatic carbocycles. The van der Waals surface area contributed by atoms with Gasteiger partial charge in [0.05, 0.1) is 18.1 Å². The van der Waals surface area contributed by atoms with Crippen molar-refractivity contribution in [3.05, 3.63) is 30.1 Å². The highest BCUT2D eigenvalue weighted by Gasteiger charge is 2.23. The average Bonchev–Trinajstić information content (AvgIpc) is 2.34. The summed E-state index contributed by atoms with van der Waals surface area (Å²) in [6.07, 6.45) is 0. The van der Waals surface area contributed by atoms with E-state index in [1.807, 2.05) is 0 Å². The largest absolute Gasteiger partial charge is 0.395 e. The number of aliphatic hydroxyl groups is 1. The average molecular weight is 277 g/mol. The first-order valence-corrected chi connectivity index (χ1v) is 6.82. The number of sulfonamides is 1. The molecule has 0 aliphatic rings. The standard InChI is InChI=1S/C11H16FNO4S/c1-17-8-6-13(5-7-14)18(15,16)11-4-2-3-10(12)9-11/h2-4,9,14H,5-8H2,1H3. The zero-order chi connectivity index (χ0) is 13.6. The number of benzene rings is 1. The van der Waals surface area contributed by atoms with Gasteiger partial charge in [-0.3, -0.25) is 0 Å². The maximum Gasteiger partial charge on any atom is 0.243 e. The maximum atomic E-state index is 13.0. The Morgan fingerprint density at radius 3 is 2.67 bits per heavy atom. The quantitative estimate of drug-likeness (QED) is 0.786. The number of hydrogen-bond donors (Lipinski definition) is 1. The molecule has 0 atom stereocenters. The number of ether oxygens (including phenoxy) is 1. The van der Waals surface area contributed by atoms with Crippen molar-refractivity contribution in [1.82, 2.24) is 4.31 Å². The Labute approximate surface area is 106 Å². The minimum atomic E-state index is -3.80. The van der Waals surface area contributed by atoms with Gasteiger partial charge in [0.15, 0.2) is 0 Å². The van der Waals surface area contributed by atoms with Crippen molar-refractivity contribution in [3.63, 3.8) is 0 Å². The number of nitrogens with zero attached hydrogens (tertiary/aromatic N) is 1. The lowest BCUT2D eigenvalue weighted by Gasteiger charge is -2.20. The third-order valence-corrected chi connectivity index (χ3v) is 4.22.